The van der Waals surface area contributed by atoms with E-state index in [1.54, 1.807) is 23.5 Å². The van der Waals surface area contributed by atoms with Gasteiger partial charge in [-0.2, -0.15) is 0 Å². The van der Waals surface area contributed by atoms with Crippen molar-refractivity contribution in [3.8, 4) is 0 Å². The molecule has 2 saturated heterocycles. The molecular formula is C18H28O4S2Si. The fourth-order valence-corrected chi connectivity index (χ4v) is 8.69. The highest BCUT2D eigenvalue weighted by Gasteiger charge is 2.65. The second-order valence-corrected chi connectivity index (χ2v) is 16.4. The predicted octanol–water partition coefficient (Wildman–Crippen LogP) is 4.22. The van der Waals surface area contributed by atoms with Crippen LogP contribution in [0.15, 0.2) is 11.1 Å². The van der Waals surface area contributed by atoms with Crippen molar-refractivity contribution in [2.75, 3.05) is 11.5 Å². The summed E-state index contributed by atoms with van der Waals surface area (Å²) in [4.78, 5) is 25.2. The molecular weight excluding hydrogens is 372 g/mol. The first-order valence-corrected chi connectivity index (χ1v) is 13.7. The van der Waals surface area contributed by atoms with E-state index in [0.717, 1.165) is 17.1 Å². The molecule has 0 amide bonds. The van der Waals surface area contributed by atoms with Crippen LogP contribution in [0.3, 0.4) is 0 Å². The van der Waals surface area contributed by atoms with Crippen LogP contribution in [0.1, 0.15) is 34.6 Å². The Kier molecular flexibility index (Phi) is 4.79. The maximum atomic E-state index is 12.6. The number of ether oxygens (including phenoxy) is 1. The fourth-order valence-electron chi connectivity index (χ4n) is 3.67. The topological polar surface area (TPSA) is 52.6 Å². The second kappa shape index (κ2) is 6.14. The Bertz CT molecular complexity index is 644. The van der Waals surface area contributed by atoms with Gasteiger partial charge in [-0.3, -0.25) is 9.59 Å². The Morgan fingerprint density at radius 1 is 1.12 bits per heavy atom. The number of carbonyl (C=O) groups is 2. The molecule has 3 aliphatic rings. The number of fused-ring (bicyclic) bond motifs is 2. The van der Waals surface area contributed by atoms with Crippen LogP contribution in [0.2, 0.25) is 18.1 Å². The third kappa shape index (κ3) is 2.86. The molecule has 3 unspecified atom stereocenters. The Morgan fingerprint density at radius 2 is 1.68 bits per heavy atom. The van der Waals surface area contributed by atoms with Crippen LogP contribution in [-0.4, -0.2) is 41.9 Å². The van der Waals surface area contributed by atoms with Crippen molar-refractivity contribution >= 4 is 43.8 Å². The Hall–Kier alpha value is -0.243. The molecule has 0 N–H and O–H groups in total. The molecule has 2 fully saturated rings. The van der Waals surface area contributed by atoms with Gasteiger partial charge >= 0.3 is 11.9 Å². The van der Waals surface area contributed by atoms with Crippen molar-refractivity contribution in [3.63, 3.8) is 0 Å². The zero-order chi connectivity index (χ0) is 18.8. The van der Waals surface area contributed by atoms with Crippen LogP contribution in [0, 0.1) is 11.8 Å². The van der Waals surface area contributed by atoms with Crippen LogP contribution in [0.5, 0.6) is 0 Å². The number of esters is 2. The molecule has 0 bridgehead atoms. The summed E-state index contributed by atoms with van der Waals surface area (Å²) >= 11 is 3.59. The molecule has 0 aromatic heterocycles. The molecule has 2 heterocycles. The highest BCUT2D eigenvalue weighted by Crippen LogP contribution is 2.62. The molecule has 3 atom stereocenters. The minimum atomic E-state index is -2.09. The van der Waals surface area contributed by atoms with Crippen molar-refractivity contribution in [1.82, 2.24) is 0 Å². The van der Waals surface area contributed by atoms with Gasteiger partial charge in [-0.25, -0.2) is 0 Å². The highest BCUT2D eigenvalue weighted by molar-refractivity contribution is 8.21. The predicted molar refractivity (Wildman–Crippen MR) is 106 cm³/mol. The maximum Gasteiger partial charge on any atom is 0.320 e. The van der Waals surface area contributed by atoms with Crippen LogP contribution in [0.4, 0.5) is 0 Å². The molecule has 0 saturated carbocycles. The molecule has 3 rings (SSSR count). The maximum absolute atomic E-state index is 12.6. The smallest absolute Gasteiger partial charge is 0.320 e. The van der Waals surface area contributed by atoms with Crippen LogP contribution in [-0.2, 0) is 18.8 Å². The summed E-state index contributed by atoms with van der Waals surface area (Å²) in [6.07, 6.45) is -0.350. The van der Waals surface area contributed by atoms with Crippen molar-refractivity contribution in [2.24, 2.45) is 11.8 Å². The standard InChI is InChI=1S/C18H28O4S2Si/c1-10-11(2)18(23-8-9-24-18)13-12(15(19)21-16(13)20)14(10)22-25(6,7)17(3,4)5/h12-14H,8-9H2,1-7H3. The molecule has 4 nitrogen and oxygen atoms in total. The lowest BCUT2D eigenvalue weighted by Crippen LogP contribution is -2.53. The third-order valence-corrected chi connectivity index (χ3v) is 14.5. The molecule has 0 aromatic rings. The first-order valence-electron chi connectivity index (χ1n) is 8.81. The molecule has 7 heteroatoms. The number of carbonyl (C=O) groups excluding carboxylic acids is 2. The lowest BCUT2D eigenvalue weighted by Gasteiger charge is -2.47. The molecule has 2 aliphatic heterocycles. The van der Waals surface area contributed by atoms with Crippen molar-refractivity contribution < 1.29 is 18.8 Å². The van der Waals surface area contributed by atoms with Gasteiger partial charge in [0.25, 0.3) is 0 Å². The number of thioether (sulfide) groups is 2. The number of hydrogen-bond donors (Lipinski definition) is 0. The van der Waals surface area contributed by atoms with Gasteiger partial charge in [0.1, 0.15) is 11.8 Å². The average Bonchev–Trinajstić information content (AvgIpc) is 3.06. The van der Waals surface area contributed by atoms with E-state index in [4.69, 9.17) is 9.16 Å². The van der Waals surface area contributed by atoms with Gasteiger partial charge in [-0.05, 0) is 43.1 Å². The lowest BCUT2D eigenvalue weighted by molar-refractivity contribution is -0.154. The van der Waals surface area contributed by atoms with Gasteiger partial charge in [0.05, 0.1) is 10.2 Å². The van der Waals surface area contributed by atoms with Crippen LogP contribution >= 0.6 is 23.5 Å². The van der Waals surface area contributed by atoms with Gasteiger partial charge in [-0.1, -0.05) is 20.8 Å². The van der Waals surface area contributed by atoms with Crippen LogP contribution in [0.25, 0.3) is 0 Å². The van der Waals surface area contributed by atoms with E-state index in [2.05, 4.69) is 47.7 Å². The zero-order valence-corrected chi connectivity index (χ0v) is 18.7. The Labute approximate surface area is 160 Å². The molecule has 140 valence electrons. The highest BCUT2D eigenvalue weighted by atomic mass is 32.2. The molecule has 25 heavy (non-hydrogen) atoms. The van der Waals surface area contributed by atoms with Crippen molar-refractivity contribution in [2.45, 2.75) is 62.9 Å². The summed E-state index contributed by atoms with van der Waals surface area (Å²) in [6.45, 7) is 15.1. The normalized spacial score (nSPS) is 32.4. The van der Waals surface area contributed by atoms with E-state index in [1.165, 1.54) is 5.57 Å². The summed E-state index contributed by atoms with van der Waals surface area (Å²) < 4.78 is 11.4. The Morgan fingerprint density at radius 3 is 2.20 bits per heavy atom. The third-order valence-electron chi connectivity index (χ3n) is 6.31. The lowest BCUT2D eigenvalue weighted by atomic mass is 9.75. The first-order chi connectivity index (χ1) is 11.4. The van der Waals surface area contributed by atoms with Gasteiger partial charge in [-0.15, -0.1) is 23.5 Å². The van der Waals surface area contributed by atoms with Gasteiger partial charge in [0, 0.05) is 11.5 Å². The molecule has 0 radical (unpaired) electrons. The van der Waals surface area contributed by atoms with Crippen LogP contribution < -0.4 is 0 Å². The van der Waals surface area contributed by atoms with E-state index in [9.17, 15) is 9.59 Å². The van der Waals surface area contributed by atoms with E-state index in [1.807, 2.05) is 0 Å². The molecule has 1 aliphatic carbocycles. The van der Waals surface area contributed by atoms with E-state index in [-0.39, 0.29) is 21.2 Å². The number of cyclic esters (lactones) is 2. The summed E-state index contributed by atoms with van der Waals surface area (Å²) in [6, 6.07) is 0. The summed E-state index contributed by atoms with van der Waals surface area (Å²) in [5.74, 6) is 0.270. The van der Waals surface area contributed by atoms with Gasteiger partial charge in [0.2, 0.25) is 0 Å². The fraction of sp³-hybridized carbons (Fsp3) is 0.778. The average molecular weight is 401 g/mol. The first kappa shape index (κ1) is 19.5. The molecule has 0 aromatic carbocycles. The number of hydrogen-bond acceptors (Lipinski definition) is 6. The van der Waals surface area contributed by atoms with E-state index < -0.39 is 26.1 Å². The molecule has 1 spiro atoms. The second-order valence-electron chi connectivity index (χ2n) is 8.71. The van der Waals surface area contributed by atoms with E-state index >= 15 is 0 Å². The van der Waals surface area contributed by atoms with Gasteiger partial charge in [0.15, 0.2) is 8.32 Å². The summed E-state index contributed by atoms with van der Waals surface area (Å²) in [5.41, 5.74) is 2.30. The van der Waals surface area contributed by atoms with Crippen molar-refractivity contribution in [1.29, 1.82) is 0 Å². The quantitative estimate of drug-likeness (QED) is 0.299. The summed E-state index contributed by atoms with van der Waals surface area (Å²) in [5, 5.41) is 0.0369. The minimum Gasteiger partial charge on any atom is -0.409 e. The van der Waals surface area contributed by atoms with Gasteiger partial charge < -0.3 is 9.16 Å². The monoisotopic (exact) mass is 400 g/mol. The largest absolute Gasteiger partial charge is 0.409 e. The number of rotatable bonds is 2. The summed E-state index contributed by atoms with van der Waals surface area (Å²) in [7, 11) is -2.09. The zero-order valence-electron chi connectivity index (χ0n) is 16.1. The SMILES string of the molecule is CC1=C(C)C2(SCCS2)C2C(=O)OC(=O)C2C1O[Si](C)(C)C(C)(C)C. The van der Waals surface area contributed by atoms with Crippen molar-refractivity contribution in [3.05, 3.63) is 11.1 Å². The minimum absolute atomic E-state index is 0.0369. The van der Waals surface area contributed by atoms with E-state index in [0.29, 0.717) is 0 Å². The Balaban J connectivity index is 2.09.